The fourth-order valence-corrected chi connectivity index (χ4v) is 2.86. The summed E-state index contributed by atoms with van der Waals surface area (Å²) in [4.78, 5) is 23.3. The van der Waals surface area contributed by atoms with Crippen LogP contribution in [0.5, 0.6) is 5.75 Å². The molecular weight excluding hydrogens is 365 g/mol. The molecule has 0 aromatic heterocycles. The standard InChI is InChI=1S/C18H15Cl2NO4/c19-14-3-1-2-13(17(14)20)18(23)25-9-8-24-12-5-6-15-11(10-12)4-7-16(22)21-15/h1-3,5-6,10H,4,7-9H2,(H,21,22). The Balaban J connectivity index is 1.51. The van der Waals surface area contributed by atoms with Gasteiger partial charge in [-0.1, -0.05) is 29.3 Å². The van der Waals surface area contributed by atoms with E-state index in [0.717, 1.165) is 11.3 Å². The van der Waals surface area contributed by atoms with Crippen LogP contribution >= 0.6 is 23.2 Å². The molecule has 1 N–H and O–H groups in total. The molecule has 2 aromatic carbocycles. The Morgan fingerprint density at radius 3 is 2.80 bits per heavy atom. The second-order valence-electron chi connectivity index (χ2n) is 5.45. The molecule has 130 valence electrons. The molecular formula is C18H15Cl2NO4. The average Bonchev–Trinajstić information content (AvgIpc) is 2.61. The van der Waals surface area contributed by atoms with Crippen LogP contribution < -0.4 is 10.1 Å². The van der Waals surface area contributed by atoms with Crippen molar-refractivity contribution in [3.8, 4) is 5.75 Å². The fraction of sp³-hybridized carbons (Fsp3) is 0.222. The van der Waals surface area contributed by atoms with E-state index in [1.54, 1.807) is 30.3 Å². The van der Waals surface area contributed by atoms with Crippen molar-refractivity contribution in [2.24, 2.45) is 0 Å². The number of aryl methyl sites for hydroxylation is 1. The van der Waals surface area contributed by atoms with Crippen molar-refractivity contribution >= 4 is 40.8 Å². The third kappa shape index (κ3) is 4.24. The number of hydrogen-bond acceptors (Lipinski definition) is 4. The quantitative estimate of drug-likeness (QED) is 0.626. The van der Waals surface area contributed by atoms with Gasteiger partial charge < -0.3 is 14.8 Å². The van der Waals surface area contributed by atoms with Crippen LogP contribution in [0.3, 0.4) is 0 Å². The Morgan fingerprint density at radius 2 is 1.96 bits per heavy atom. The first-order valence-corrected chi connectivity index (χ1v) is 8.47. The number of rotatable bonds is 5. The molecule has 1 aliphatic rings. The Bertz CT molecular complexity index is 823. The SMILES string of the molecule is O=C1CCc2cc(OCCOC(=O)c3cccc(Cl)c3Cl)ccc2N1. The van der Waals surface area contributed by atoms with Crippen molar-refractivity contribution in [1.29, 1.82) is 0 Å². The van der Waals surface area contributed by atoms with Gasteiger partial charge in [0.25, 0.3) is 0 Å². The molecule has 0 fully saturated rings. The van der Waals surface area contributed by atoms with Crippen molar-refractivity contribution in [3.05, 3.63) is 57.6 Å². The van der Waals surface area contributed by atoms with E-state index in [-0.39, 0.29) is 29.7 Å². The zero-order valence-electron chi connectivity index (χ0n) is 13.2. The van der Waals surface area contributed by atoms with E-state index in [1.807, 2.05) is 6.07 Å². The topological polar surface area (TPSA) is 64.6 Å². The number of nitrogens with one attached hydrogen (secondary N) is 1. The zero-order valence-corrected chi connectivity index (χ0v) is 14.7. The van der Waals surface area contributed by atoms with Crippen molar-refractivity contribution in [3.63, 3.8) is 0 Å². The number of hydrogen-bond donors (Lipinski definition) is 1. The minimum atomic E-state index is -0.552. The highest BCUT2D eigenvalue weighted by Gasteiger charge is 2.16. The first-order chi connectivity index (χ1) is 12.0. The van der Waals surface area contributed by atoms with Crippen molar-refractivity contribution in [1.82, 2.24) is 0 Å². The van der Waals surface area contributed by atoms with Gasteiger partial charge in [-0.25, -0.2) is 4.79 Å². The average molecular weight is 380 g/mol. The number of amides is 1. The second kappa shape index (κ2) is 7.76. The minimum Gasteiger partial charge on any atom is -0.490 e. The van der Waals surface area contributed by atoms with Gasteiger partial charge in [-0.2, -0.15) is 0 Å². The summed E-state index contributed by atoms with van der Waals surface area (Å²) in [6, 6.07) is 10.2. The molecule has 5 nitrogen and oxygen atoms in total. The summed E-state index contributed by atoms with van der Waals surface area (Å²) in [5, 5.41) is 3.28. The predicted octanol–water partition coefficient (Wildman–Crippen LogP) is 4.11. The Kier molecular flexibility index (Phi) is 5.46. The molecule has 0 unspecified atom stereocenters. The monoisotopic (exact) mass is 379 g/mol. The summed E-state index contributed by atoms with van der Waals surface area (Å²) < 4.78 is 10.7. The van der Waals surface area contributed by atoms with E-state index >= 15 is 0 Å². The largest absolute Gasteiger partial charge is 0.490 e. The number of benzene rings is 2. The number of halogens is 2. The maximum Gasteiger partial charge on any atom is 0.339 e. The normalized spacial score (nSPS) is 13.0. The van der Waals surface area contributed by atoms with Gasteiger partial charge in [-0.15, -0.1) is 0 Å². The van der Waals surface area contributed by atoms with Gasteiger partial charge in [-0.3, -0.25) is 4.79 Å². The molecule has 0 atom stereocenters. The first-order valence-electron chi connectivity index (χ1n) is 7.71. The molecule has 7 heteroatoms. The van der Waals surface area contributed by atoms with Crippen LogP contribution in [0.1, 0.15) is 22.3 Å². The molecule has 0 saturated heterocycles. The van der Waals surface area contributed by atoms with E-state index in [9.17, 15) is 9.59 Å². The van der Waals surface area contributed by atoms with Crippen molar-refractivity contribution in [2.45, 2.75) is 12.8 Å². The molecule has 0 aliphatic carbocycles. The van der Waals surface area contributed by atoms with Gasteiger partial charge >= 0.3 is 5.97 Å². The minimum absolute atomic E-state index is 0.0211. The lowest BCUT2D eigenvalue weighted by Gasteiger charge is -2.17. The van der Waals surface area contributed by atoms with E-state index < -0.39 is 5.97 Å². The molecule has 2 aromatic rings. The molecule has 1 aliphatic heterocycles. The number of anilines is 1. The zero-order chi connectivity index (χ0) is 17.8. The molecule has 0 spiro atoms. The van der Waals surface area contributed by atoms with Gasteiger partial charge in [0.15, 0.2) is 0 Å². The maximum atomic E-state index is 12.0. The first kappa shape index (κ1) is 17.6. The van der Waals surface area contributed by atoms with Crippen LogP contribution in [-0.2, 0) is 16.0 Å². The molecule has 1 heterocycles. The fourth-order valence-electron chi connectivity index (χ4n) is 2.48. The van der Waals surface area contributed by atoms with Gasteiger partial charge in [0, 0.05) is 12.1 Å². The lowest BCUT2D eigenvalue weighted by molar-refractivity contribution is -0.116. The van der Waals surface area contributed by atoms with Crippen LogP contribution in [0.15, 0.2) is 36.4 Å². The highest BCUT2D eigenvalue weighted by atomic mass is 35.5. The summed E-state index contributed by atoms with van der Waals surface area (Å²) in [6.07, 6.45) is 1.15. The van der Waals surface area contributed by atoms with E-state index in [1.165, 1.54) is 0 Å². The number of carbonyl (C=O) groups is 2. The Morgan fingerprint density at radius 1 is 1.12 bits per heavy atom. The number of carbonyl (C=O) groups excluding carboxylic acids is 2. The predicted molar refractivity (Wildman–Crippen MR) is 95.6 cm³/mol. The number of fused-ring (bicyclic) bond motifs is 1. The molecule has 3 rings (SSSR count). The van der Waals surface area contributed by atoms with Gasteiger partial charge in [0.2, 0.25) is 5.91 Å². The third-order valence-electron chi connectivity index (χ3n) is 3.73. The Labute approximate surface area is 154 Å². The smallest absolute Gasteiger partial charge is 0.339 e. The van der Waals surface area contributed by atoms with Crippen molar-refractivity contribution in [2.75, 3.05) is 18.5 Å². The van der Waals surface area contributed by atoms with E-state index in [4.69, 9.17) is 32.7 Å². The second-order valence-corrected chi connectivity index (χ2v) is 6.24. The highest BCUT2D eigenvalue weighted by molar-refractivity contribution is 6.43. The molecule has 1 amide bonds. The van der Waals surface area contributed by atoms with Crippen LogP contribution in [0, 0.1) is 0 Å². The Hall–Kier alpha value is -2.24. The highest BCUT2D eigenvalue weighted by Crippen LogP contribution is 2.27. The van der Waals surface area contributed by atoms with Crippen LogP contribution in [-0.4, -0.2) is 25.1 Å². The number of esters is 1. The van der Waals surface area contributed by atoms with Crippen LogP contribution in [0.4, 0.5) is 5.69 Å². The van der Waals surface area contributed by atoms with Crippen LogP contribution in [0.2, 0.25) is 10.0 Å². The summed E-state index contributed by atoms with van der Waals surface area (Å²) >= 11 is 11.9. The summed E-state index contributed by atoms with van der Waals surface area (Å²) in [7, 11) is 0. The van der Waals surface area contributed by atoms with Crippen molar-refractivity contribution < 1.29 is 19.1 Å². The molecule has 0 saturated carbocycles. The van der Waals surface area contributed by atoms with Gasteiger partial charge in [0.05, 0.1) is 15.6 Å². The maximum absolute atomic E-state index is 12.0. The summed E-state index contributed by atoms with van der Waals surface area (Å²) in [5.41, 5.74) is 2.06. The molecule has 0 bridgehead atoms. The number of ether oxygens (including phenoxy) is 2. The van der Waals surface area contributed by atoms with Crippen LogP contribution in [0.25, 0.3) is 0 Å². The van der Waals surface area contributed by atoms with E-state index in [0.29, 0.717) is 23.6 Å². The summed E-state index contributed by atoms with van der Waals surface area (Å²) in [5.74, 6) is 0.128. The van der Waals surface area contributed by atoms with E-state index in [2.05, 4.69) is 5.32 Å². The molecule has 25 heavy (non-hydrogen) atoms. The molecule has 0 radical (unpaired) electrons. The third-order valence-corrected chi connectivity index (χ3v) is 4.55. The van der Waals surface area contributed by atoms with Gasteiger partial charge in [0.1, 0.15) is 19.0 Å². The van der Waals surface area contributed by atoms with Gasteiger partial charge in [-0.05, 0) is 42.3 Å². The lowest BCUT2D eigenvalue weighted by Crippen LogP contribution is -2.19. The summed E-state index contributed by atoms with van der Waals surface area (Å²) in [6.45, 7) is 0.282. The lowest BCUT2D eigenvalue weighted by atomic mass is 10.0.